The van der Waals surface area contributed by atoms with Crippen LogP contribution in [0.4, 0.5) is 0 Å². The van der Waals surface area contributed by atoms with E-state index in [1.54, 1.807) is 0 Å². The highest BCUT2D eigenvalue weighted by Gasteiger charge is 2.12. The van der Waals surface area contributed by atoms with Gasteiger partial charge < -0.3 is 27.6 Å². The third-order valence-corrected chi connectivity index (χ3v) is 2.10. The molecule has 0 amide bonds. The van der Waals surface area contributed by atoms with Gasteiger partial charge in [-0.2, -0.15) is 0 Å². The molecule has 16 heavy (non-hydrogen) atoms. The summed E-state index contributed by atoms with van der Waals surface area (Å²) in [5, 5.41) is 11.3. The van der Waals surface area contributed by atoms with Gasteiger partial charge in [0, 0.05) is 0 Å². The third-order valence-electron chi connectivity index (χ3n) is 2.10. The zero-order chi connectivity index (χ0) is 11.1. The van der Waals surface area contributed by atoms with Crippen LogP contribution in [0.3, 0.4) is 0 Å². The molecular formula is C12H20ClNO2. The second-order valence-corrected chi connectivity index (χ2v) is 4.00. The molecule has 0 aliphatic carbocycles. The number of hydrogen-bond acceptors (Lipinski definition) is 2. The number of benzene rings is 1. The largest absolute Gasteiger partial charge is 1.00 e. The van der Waals surface area contributed by atoms with Crippen LogP contribution in [-0.4, -0.2) is 30.4 Å². The lowest BCUT2D eigenvalue weighted by Crippen LogP contribution is -3.00. The summed E-state index contributed by atoms with van der Waals surface area (Å²) in [7, 11) is 0. The van der Waals surface area contributed by atoms with Crippen molar-refractivity contribution in [3.05, 3.63) is 30.3 Å². The zero-order valence-corrected chi connectivity index (χ0v) is 10.5. The Morgan fingerprint density at radius 3 is 2.38 bits per heavy atom. The molecule has 1 rings (SSSR count). The Hall–Kier alpha value is -0.770. The molecule has 1 unspecified atom stereocenters. The standard InChI is InChI=1S/C12H19NO2.ClH/c1-10(2)13-11(8-14)9-15-12-6-4-3-5-7-12;/h3-7,10-11,13-14H,8-9H2,1-2H3;1H. The van der Waals surface area contributed by atoms with Crippen molar-refractivity contribution in [2.45, 2.75) is 25.9 Å². The number of para-hydroxylation sites is 1. The number of nitrogens with two attached hydrogens (primary N) is 1. The number of aliphatic hydroxyl groups excluding tert-OH is 1. The van der Waals surface area contributed by atoms with Crippen LogP contribution in [-0.2, 0) is 0 Å². The van der Waals surface area contributed by atoms with Gasteiger partial charge >= 0.3 is 0 Å². The smallest absolute Gasteiger partial charge is 0.144 e. The summed E-state index contributed by atoms with van der Waals surface area (Å²) in [5.41, 5.74) is 0. The van der Waals surface area contributed by atoms with Crippen LogP contribution in [0.2, 0.25) is 0 Å². The molecule has 0 aliphatic heterocycles. The average molecular weight is 246 g/mol. The van der Waals surface area contributed by atoms with E-state index >= 15 is 0 Å². The summed E-state index contributed by atoms with van der Waals surface area (Å²) in [6, 6.07) is 10.3. The zero-order valence-electron chi connectivity index (χ0n) is 9.77. The van der Waals surface area contributed by atoms with Gasteiger partial charge in [-0.3, -0.25) is 0 Å². The summed E-state index contributed by atoms with van der Waals surface area (Å²) in [6.07, 6.45) is 0. The number of aliphatic hydroxyl groups is 1. The van der Waals surface area contributed by atoms with Crippen molar-refractivity contribution >= 4 is 0 Å². The van der Waals surface area contributed by atoms with Gasteiger partial charge in [0.2, 0.25) is 0 Å². The molecule has 0 aliphatic rings. The molecule has 0 radical (unpaired) electrons. The Kier molecular flexibility index (Phi) is 7.99. The Balaban J connectivity index is 0.00000225. The van der Waals surface area contributed by atoms with Crippen LogP contribution in [0.1, 0.15) is 13.8 Å². The van der Waals surface area contributed by atoms with E-state index in [0.717, 1.165) is 5.75 Å². The van der Waals surface area contributed by atoms with Gasteiger partial charge in [-0.15, -0.1) is 0 Å². The number of halogens is 1. The van der Waals surface area contributed by atoms with E-state index in [-0.39, 0.29) is 25.1 Å². The van der Waals surface area contributed by atoms with Crippen LogP contribution in [0.25, 0.3) is 0 Å². The Morgan fingerprint density at radius 2 is 1.88 bits per heavy atom. The molecule has 3 N–H and O–H groups in total. The minimum absolute atomic E-state index is 0. The van der Waals surface area contributed by atoms with Gasteiger partial charge in [-0.1, -0.05) is 18.2 Å². The number of ether oxygens (including phenoxy) is 1. The highest BCUT2D eigenvalue weighted by molar-refractivity contribution is 5.20. The molecule has 0 spiro atoms. The van der Waals surface area contributed by atoms with Crippen molar-refractivity contribution in [3.63, 3.8) is 0 Å². The molecule has 3 nitrogen and oxygen atoms in total. The summed E-state index contributed by atoms with van der Waals surface area (Å²) < 4.78 is 5.57. The lowest BCUT2D eigenvalue weighted by molar-refractivity contribution is -0.717. The molecule has 0 saturated carbocycles. The van der Waals surface area contributed by atoms with Crippen molar-refractivity contribution < 1.29 is 27.6 Å². The normalized spacial score (nSPS) is 12.0. The van der Waals surface area contributed by atoms with E-state index in [9.17, 15) is 0 Å². The van der Waals surface area contributed by atoms with Crippen molar-refractivity contribution in [1.29, 1.82) is 0 Å². The summed E-state index contributed by atoms with van der Waals surface area (Å²) >= 11 is 0. The fourth-order valence-electron chi connectivity index (χ4n) is 1.43. The number of rotatable bonds is 6. The van der Waals surface area contributed by atoms with E-state index in [1.807, 2.05) is 30.3 Å². The first-order valence-corrected chi connectivity index (χ1v) is 5.36. The van der Waals surface area contributed by atoms with Gasteiger partial charge in [0.05, 0.1) is 12.6 Å². The van der Waals surface area contributed by atoms with Gasteiger partial charge in [0.15, 0.2) is 0 Å². The maximum Gasteiger partial charge on any atom is 0.144 e. The molecule has 92 valence electrons. The Morgan fingerprint density at radius 1 is 1.25 bits per heavy atom. The second-order valence-electron chi connectivity index (χ2n) is 4.00. The minimum atomic E-state index is 0. The van der Waals surface area contributed by atoms with E-state index in [2.05, 4.69) is 19.2 Å². The van der Waals surface area contributed by atoms with Crippen LogP contribution in [0.15, 0.2) is 30.3 Å². The van der Waals surface area contributed by atoms with Crippen molar-refractivity contribution in [3.8, 4) is 5.75 Å². The molecule has 1 atom stereocenters. The number of quaternary nitrogens is 1. The topological polar surface area (TPSA) is 46.1 Å². The summed E-state index contributed by atoms with van der Waals surface area (Å²) in [5.74, 6) is 0.855. The molecule has 0 aromatic heterocycles. The SMILES string of the molecule is CC(C)[NH2+]C(CO)COc1ccccc1.[Cl-]. The van der Waals surface area contributed by atoms with E-state index in [4.69, 9.17) is 9.84 Å². The van der Waals surface area contributed by atoms with Crippen LogP contribution < -0.4 is 22.5 Å². The fourth-order valence-corrected chi connectivity index (χ4v) is 1.43. The molecule has 0 fully saturated rings. The Labute approximate surface area is 103 Å². The van der Waals surface area contributed by atoms with Crippen LogP contribution in [0.5, 0.6) is 5.75 Å². The lowest BCUT2D eigenvalue weighted by Gasteiger charge is -2.16. The molecule has 1 aromatic carbocycles. The van der Waals surface area contributed by atoms with E-state index < -0.39 is 0 Å². The van der Waals surface area contributed by atoms with E-state index in [1.165, 1.54) is 0 Å². The highest BCUT2D eigenvalue weighted by Crippen LogP contribution is 2.07. The van der Waals surface area contributed by atoms with Gasteiger partial charge in [-0.05, 0) is 26.0 Å². The first-order chi connectivity index (χ1) is 7.22. The first kappa shape index (κ1) is 15.2. The minimum Gasteiger partial charge on any atom is -1.00 e. The van der Waals surface area contributed by atoms with Crippen molar-refractivity contribution in [2.24, 2.45) is 0 Å². The molecule has 0 heterocycles. The maximum absolute atomic E-state index is 9.14. The van der Waals surface area contributed by atoms with Crippen molar-refractivity contribution in [2.75, 3.05) is 13.2 Å². The van der Waals surface area contributed by atoms with Gasteiger partial charge in [-0.25, -0.2) is 0 Å². The average Bonchev–Trinajstić information content (AvgIpc) is 2.25. The molecule has 4 heteroatoms. The second kappa shape index (κ2) is 8.39. The summed E-state index contributed by atoms with van der Waals surface area (Å²) in [6.45, 7) is 4.89. The first-order valence-electron chi connectivity index (χ1n) is 5.36. The fraction of sp³-hybridized carbons (Fsp3) is 0.500. The Bertz CT molecular complexity index is 267. The van der Waals surface area contributed by atoms with Crippen LogP contribution >= 0.6 is 0 Å². The predicted molar refractivity (Wildman–Crippen MR) is 59.9 cm³/mol. The van der Waals surface area contributed by atoms with Gasteiger partial charge in [0.1, 0.15) is 18.4 Å². The molecule has 0 bridgehead atoms. The molecule has 1 aromatic rings. The highest BCUT2D eigenvalue weighted by atomic mass is 35.5. The predicted octanol–water partition coefficient (Wildman–Crippen LogP) is -2.60. The quantitative estimate of drug-likeness (QED) is 0.578. The molecular weight excluding hydrogens is 226 g/mol. The van der Waals surface area contributed by atoms with Gasteiger partial charge in [0.25, 0.3) is 0 Å². The third kappa shape index (κ3) is 5.95. The van der Waals surface area contributed by atoms with Crippen LogP contribution in [0, 0.1) is 0 Å². The number of hydrogen-bond donors (Lipinski definition) is 2. The molecule has 0 saturated heterocycles. The monoisotopic (exact) mass is 245 g/mol. The lowest BCUT2D eigenvalue weighted by atomic mass is 10.3. The maximum atomic E-state index is 9.14. The van der Waals surface area contributed by atoms with E-state index in [0.29, 0.717) is 12.6 Å². The van der Waals surface area contributed by atoms with Crippen molar-refractivity contribution in [1.82, 2.24) is 0 Å². The summed E-state index contributed by atoms with van der Waals surface area (Å²) in [4.78, 5) is 0.